The number of nitrogens with one attached hydrogen (secondary N) is 3. The van der Waals surface area contributed by atoms with Gasteiger partial charge in [-0.1, -0.05) is 37.1 Å². The summed E-state index contributed by atoms with van der Waals surface area (Å²) in [5.74, 6) is -3.45. The number of aromatic hydroxyl groups is 1. The van der Waals surface area contributed by atoms with E-state index in [0.717, 1.165) is 12.8 Å². The molecule has 2 aromatic carbocycles. The van der Waals surface area contributed by atoms with Gasteiger partial charge in [-0.15, -0.1) is 0 Å². The molecular formula is C34H29N3O9. The monoisotopic (exact) mass is 623 g/mol. The Kier molecular flexibility index (Phi) is 7.86. The van der Waals surface area contributed by atoms with Crippen LogP contribution in [0.1, 0.15) is 48.0 Å². The minimum absolute atomic E-state index is 0.0237. The van der Waals surface area contributed by atoms with Crippen molar-refractivity contribution >= 4 is 40.7 Å². The van der Waals surface area contributed by atoms with Crippen LogP contribution >= 0.6 is 0 Å². The summed E-state index contributed by atoms with van der Waals surface area (Å²) in [7, 11) is 0. The molecule has 2 aliphatic carbocycles. The van der Waals surface area contributed by atoms with Gasteiger partial charge in [0.2, 0.25) is 17.7 Å². The molecule has 4 aliphatic rings. The summed E-state index contributed by atoms with van der Waals surface area (Å²) in [6.45, 7) is -0.221. The fraction of sp³-hybridized carbons (Fsp3) is 0.235. The third-order valence-corrected chi connectivity index (χ3v) is 8.83. The second-order valence-corrected chi connectivity index (χ2v) is 11.4. The van der Waals surface area contributed by atoms with Gasteiger partial charge in [0.1, 0.15) is 22.5 Å². The number of phenols is 1. The molecule has 12 heteroatoms. The number of carbonyl (C=O) groups is 5. The summed E-state index contributed by atoms with van der Waals surface area (Å²) in [6, 6.07) is 12.7. The topological polar surface area (TPSA) is 192 Å². The van der Waals surface area contributed by atoms with Crippen molar-refractivity contribution < 1.29 is 38.6 Å². The summed E-state index contributed by atoms with van der Waals surface area (Å²) in [5.41, 5.74) is -0.186. The van der Waals surface area contributed by atoms with Crippen molar-refractivity contribution in [3.05, 3.63) is 88.1 Å². The molecule has 5 N–H and O–H groups in total. The van der Waals surface area contributed by atoms with Crippen molar-refractivity contribution in [3.8, 4) is 28.2 Å². The van der Waals surface area contributed by atoms with Gasteiger partial charge in [0, 0.05) is 22.6 Å². The quantitative estimate of drug-likeness (QED) is 0.109. The Labute approximate surface area is 261 Å². The second kappa shape index (κ2) is 12.0. The zero-order chi connectivity index (χ0) is 32.6. The number of carbonyl (C=O) groups excluding carboxylic acids is 4. The SMILES string of the molecule is O=C(/C=C/CC1(C2CCCC2)C(=O)NC(=O)NC1=O)NCc1c(O)ccc2c(-c3ccccc3C(=O)O)c3ccc(=O)cc-3oc12. The van der Waals surface area contributed by atoms with Crippen molar-refractivity contribution in [2.45, 2.75) is 38.6 Å². The van der Waals surface area contributed by atoms with E-state index in [1.165, 1.54) is 36.4 Å². The van der Waals surface area contributed by atoms with Crippen LogP contribution in [0.2, 0.25) is 0 Å². The third-order valence-electron chi connectivity index (χ3n) is 8.83. The standard InChI is InChI=1S/C34H29N3O9/c38-19-11-12-22-26(16-19)46-29-23(28(22)20-8-3-4-9-21(20)30(41)42)13-14-25(39)24(29)17-35-27(40)10-5-15-34(18-6-1-2-7-18)31(43)36-33(45)37-32(34)44/h3-5,8-14,16,18,39H,1-2,6-7,15,17H2,(H,35,40)(H,41,42)(H2,36,37,43,44,45)/b10-5+. The Bertz CT molecular complexity index is 1970. The van der Waals surface area contributed by atoms with E-state index < -0.39 is 35.1 Å². The number of barbiturate groups is 1. The Morgan fingerprint density at radius 3 is 2.39 bits per heavy atom. The number of benzene rings is 3. The summed E-state index contributed by atoms with van der Waals surface area (Å²) in [4.78, 5) is 75.0. The first-order valence-corrected chi connectivity index (χ1v) is 14.8. The highest BCUT2D eigenvalue weighted by Crippen LogP contribution is 2.45. The molecule has 12 nitrogen and oxygen atoms in total. The second-order valence-electron chi connectivity index (χ2n) is 11.4. The van der Waals surface area contributed by atoms with Gasteiger partial charge in [-0.2, -0.15) is 0 Å². The fourth-order valence-corrected chi connectivity index (χ4v) is 6.62. The highest BCUT2D eigenvalue weighted by molar-refractivity contribution is 6.19. The number of phenolic OH excluding ortho intramolecular Hbond substituents is 1. The molecule has 46 heavy (non-hydrogen) atoms. The molecule has 2 fully saturated rings. The molecule has 2 aromatic rings. The van der Waals surface area contributed by atoms with Crippen LogP contribution in [0.15, 0.2) is 76.0 Å². The van der Waals surface area contributed by atoms with Gasteiger partial charge in [-0.05, 0) is 67.2 Å². The summed E-state index contributed by atoms with van der Waals surface area (Å²) in [5, 5.41) is 28.2. The lowest BCUT2D eigenvalue weighted by Gasteiger charge is -2.37. The van der Waals surface area contributed by atoms with E-state index in [1.807, 2.05) is 0 Å². The van der Waals surface area contributed by atoms with E-state index in [2.05, 4.69) is 16.0 Å². The number of amides is 5. The summed E-state index contributed by atoms with van der Waals surface area (Å²) < 4.78 is 6.10. The van der Waals surface area contributed by atoms with Gasteiger partial charge < -0.3 is 19.9 Å². The molecule has 2 heterocycles. The molecule has 0 radical (unpaired) electrons. The Hall–Kier alpha value is -5.78. The maximum Gasteiger partial charge on any atom is 0.336 e. The number of carboxylic acids is 1. The van der Waals surface area contributed by atoms with Crippen LogP contribution in [0.3, 0.4) is 0 Å². The average molecular weight is 624 g/mol. The van der Waals surface area contributed by atoms with Crippen LogP contribution < -0.4 is 21.4 Å². The van der Waals surface area contributed by atoms with Crippen molar-refractivity contribution in [3.63, 3.8) is 0 Å². The van der Waals surface area contributed by atoms with Crippen molar-refractivity contribution in [2.24, 2.45) is 11.3 Å². The largest absolute Gasteiger partial charge is 0.507 e. The van der Waals surface area contributed by atoms with Crippen LogP contribution in [0.5, 0.6) is 5.75 Å². The third kappa shape index (κ3) is 5.27. The van der Waals surface area contributed by atoms with E-state index >= 15 is 0 Å². The number of aromatic carboxylic acids is 1. The number of imide groups is 2. The molecule has 0 atom stereocenters. The van der Waals surface area contributed by atoms with E-state index in [1.54, 1.807) is 30.3 Å². The number of carboxylic acid groups (broad SMARTS) is 1. The number of urea groups is 1. The van der Waals surface area contributed by atoms with Gasteiger partial charge in [0.15, 0.2) is 5.43 Å². The van der Waals surface area contributed by atoms with E-state index in [0.29, 0.717) is 34.9 Å². The molecule has 0 unspecified atom stereocenters. The molecule has 0 bridgehead atoms. The normalized spacial score (nSPS) is 16.6. The van der Waals surface area contributed by atoms with Crippen LogP contribution in [0.4, 0.5) is 4.79 Å². The van der Waals surface area contributed by atoms with Crippen molar-refractivity contribution in [1.29, 1.82) is 0 Å². The van der Waals surface area contributed by atoms with E-state index in [9.17, 15) is 39.0 Å². The Balaban J connectivity index is 1.33. The lowest BCUT2D eigenvalue weighted by molar-refractivity contribution is -0.148. The molecular weight excluding hydrogens is 594 g/mol. The number of fused-ring (bicyclic) bond motifs is 2. The predicted molar refractivity (Wildman–Crippen MR) is 165 cm³/mol. The molecule has 1 saturated carbocycles. The number of allylic oxidation sites excluding steroid dienone is 1. The lowest BCUT2D eigenvalue weighted by atomic mass is 9.69. The molecule has 6 rings (SSSR count). The molecule has 0 spiro atoms. The van der Waals surface area contributed by atoms with Gasteiger partial charge >= 0.3 is 12.0 Å². The summed E-state index contributed by atoms with van der Waals surface area (Å²) >= 11 is 0. The zero-order valence-corrected chi connectivity index (χ0v) is 24.4. The minimum Gasteiger partial charge on any atom is -0.507 e. The average Bonchev–Trinajstić information content (AvgIpc) is 3.56. The molecule has 5 amide bonds. The number of rotatable bonds is 8. The van der Waals surface area contributed by atoms with Gasteiger partial charge in [0.25, 0.3) is 0 Å². The Morgan fingerprint density at radius 1 is 0.957 bits per heavy atom. The number of hydrogen-bond acceptors (Lipinski definition) is 8. The fourth-order valence-electron chi connectivity index (χ4n) is 6.62. The van der Waals surface area contributed by atoms with Crippen LogP contribution in [0, 0.1) is 11.3 Å². The Morgan fingerprint density at radius 2 is 1.67 bits per heavy atom. The highest BCUT2D eigenvalue weighted by Gasteiger charge is 2.55. The first-order valence-electron chi connectivity index (χ1n) is 14.8. The van der Waals surface area contributed by atoms with E-state index in [-0.39, 0.29) is 52.5 Å². The lowest BCUT2D eigenvalue weighted by Crippen LogP contribution is -2.64. The zero-order valence-electron chi connectivity index (χ0n) is 24.4. The highest BCUT2D eigenvalue weighted by atomic mass is 16.4. The molecule has 0 aromatic heterocycles. The maximum absolute atomic E-state index is 13.0. The molecule has 2 aliphatic heterocycles. The maximum atomic E-state index is 13.0. The molecule has 234 valence electrons. The minimum atomic E-state index is -1.52. The first-order chi connectivity index (χ1) is 22.1. The smallest absolute Gasteiger partial charge is 0.336 e. The molecule has 1 saturated heterocycles. The van der Waals surface area contributed by atoms with Gasteiger partial charge in [-0.25, -0.2) is 9.59 Å². The summed E-state index contributed by atoms with van der Waals surface area (Å²) in [6.07, 6.45) is 5.47. The van der Waals surface area contributed by atoms with Crippen molar-refractivity contribution in [1.82, 2.24) is 16.0 Å². The predicted octanol–water partition coefficient (Wildman–Crippen LogP) is 4.07. The van der Waals surface area contributed by atoms with Gasteiger partial charge in [0.05, 0.1) is 17.7 Å². The number of hydrogen-bond donors (Lipinski definition) is 5. The van der Waals surface area contributed by atoms with Crippen LogP contribution in [-0.4, -0.2) is 39.9 Å². The first kappa shape index (κ1) is 30.3. The van der Waals surface area contributed by atoms with Gasteiger partial charge in [-0.3, -0.25) is 29.8 Å². The van der Waals surface area contributed by atoms with E-state index in [4.69, 9.17) is 4.42 Å². The van der Waals surface area contributed by atoms with Crippen LogP contribution in [-0.2, 0) is 20.9 Å². The van der Waals surface area contributed by atoms with Crippen LogP contribution in [0.25, 0.3) is 33.4 Å². The van der Waals surface area contributed by atoms with Crippen molar-refractivity contribution in [2.75, 3.05) is 0 Å².